The monoisotopic (exact) mass is 401 g/mol. The Morgan fingerprint density at radius 1 is 1.43 bits per heavy atom. The summed E-state index contributed by atoms with van der Waals surface area (Å²) in [5.74, 6) is -0.260. The largest absolute Gasteiger partial charge is 0.354 e. The van der Waals surface area contributed by atoms with Crippen molar-refractivity contribution in [1.29, 1.82) is 0 Å². The highest BCUT2D eigenvalue weighted by molar-refractivity contribution is 9.10. The maximum atomic E-state index is 12.3. The lowest BCUT2D eigenvalue weighted by Crippen LogP contribution is -2.40. The van der Waals surface area contributed by atoms with Crippen LogP contribution >= 0.6 is 28.3 Å². The standard InChI is InChI=1S/C16H20BrN3O2.ClH/c17-12-3-1-5-14(8-12)20-10-11(7-15(20)21)16(22)19-9-13-4-2-6-18-13;/h1,3,5,8,11,13,18H,2,4,6-7,9-10H2,(H,19,22);1H. The van der Waals surface area contributed by atoms with Crippen LogP contribution in [0.5, 0.6) is 0 Å². The molecule has 0 saturated carbocycles. The lowest BCUT2D eigenvalue weighted by molar-refractivity contribution is -0.126. The normalized spacial score (nSPS) is 23.7. The van der Waals surface area contributed by atoms with E-state index in [1.165, 1.54) is 6.42 Å². The van der Waals surface area contributed by atoms with E-state index in [1.54, 1.807) is 4.90 Å². The van der Waals surface area contributed by atoms with E-state index in [1.807, 2.05) is 24.3 Å². The predicted molar refractivity (Wildman–Crippen MR) is 95.9 cm³/mol. The number of nitrogens with one attached hydrogen (secondary N) is 2. The highest BCUT2D eigenvalue weighted by Gasteiger charge is 2.35. The Kier molecular flexibility index (Phi) is 6.44. The molecule has 126 valence electrons. The van der Waals surface area contributed by atoms with Gasteiger partial charge < -0.3 is 15.5 Å². The number of rotatable bonds is 4. The second-order valence-electron chi connectivity index (χ2n) is 5.92. The van der Waals surface area contributed by atoms with Gasteiger partial charge in [0, 0.05) is 35.7 Å². The van der Waals surface area contributed by atoms with Crippen LogP contribution in [0.2, 0.25) is 0 Å². The molecule has 0 spiro atoms. The first kappa shape index (κ1) is 18.2. The molecular formula is C16H21BrClN3O2. The van der Waals surface area contributed by atoms with Gasteiger partial charge in [0.15, 0.2) is 0 Å². The van der Waals surface area contributed by atoms with E-state index in [-0.39, 0.29) is 36.6 Å². The first-order valence-corrected chi connectivity index (χ1v) is 8.50. The molecule has 23 heavy (non-hydrogen) atoms. The summed E-state index contributed by atoms with van der Waals surface area (Å²) in [6, 6.07) is 7.99. The zero-order valence-corrected chi connectivity index (χ0v) is 15.2. The molecule has 5 nitrogen and oxygen atoms in total. The van der Waals surface area contributed by atoms with Crippen LogP contribution in [0.15, 0.2) is 28.7 Å². The van der Waals surface area contributed by atoms with Gasteiger partial charge in [-0.25, -0.2) is 0 Å². The summed E-state index contributed by atoms with van der Waals surface area (Å²) in [7, 11) is 0. The number of benzene rings is 1. The summed E-state index contributed by atoms with van der Waals surface area (Å²) < 4.78 is 0.929. The lowest BCUT2D eigenvalue weighted by atomic mass is 10.1. The van der Waals surface area contributed by atoms with Gasteiger partial charge in [-0.3, -0.25) is 9.59 Å². The molecule has 0 bridgehead atoms. The third-order valence-corrected chi connectivity index (χ3v) is 4.79. The minimum Gasteiger partial charge on any atom is -0.354 e. The third-order valence-electron chi connectivity index (χ3n) is 4.30. The molecule has 2 aliphatic heterocycles. The quantitative estimate of drug-likeness (QED) is 0.811. The molecular weight excluding hydrogens is 382 g/mol. The van der Waals surface area contributed by atoms with Crippen molar-refractivity contribution in [2.45, 2.75) is 25.3 Å². The average Bonchev–Trinajstić information content (AvgIpc) is 3.14. The van der Waals surface area contributed by atoms with E-state index in [4.69, 9.17) is 0 Å². The van der Waals surface area contributed by atoms with Crippen LogP contribution in [0, 0.1) is 5.92 Å². The SMILES string of the molecule is Cl.O=C(NCC1CCCN1)C1CC(=O)N(c2cccc(Br)c2)C1. The van der Waals surface area contributed by atoms with E-state index in [9.17, 15) is 9.59 Å². The Labute approximate surface area is 150 Å². The molecule has 2 unspecified atom stereocenters. The number of carbonyl (C=O) groups is 2. The maximum absolute atomic E-state index is 12.3. The van der Waals surface area contributed by atoms with Crippen LogP contribution in [0.3, 0.4) is 0 Å². The van der Waals surface area contributed by atoms with Gasteiger partial charge in [-0.15, -0.1) is 12.4 Å². The number of halogens is 2. The highest BCUT2D eigenvalue weighted by Crippen LogP contribution is 2.27. The fraction of sp³-hybridized carbons (Fsp3) is 0.500. The van der Waals surface area contributed by atoms with Crippen molar-refractivity contribution in [1.82, 2.24) is 10.6 Å². The predicted octanol–water partition coefficient (Wildman–Crippen LogP) is 2.09. The maximum Gasteiger partial charge on any atom is 0.227 e. The molecule has 2 fully saturated rings. The molecule has 2 atom stereocenters. The van der Waals surface area contributed by atoms with Gasteiger partial charge in [0.25, 0.3) is 0 Å². The van der Waals surface area contributed by atoms with Crippen molar-refractivity contribution in [3.8, 4) is 0 Å². The molecule has 2 amide bonds. The van der Waals surface area contributed by atoms with E-state index in [2.05, 4.69) is 26.6 Å². The first-order chi connectivity index (χ1) is 10.6. The van der Waals surface area contributed by atoms with Crippen LogP contribution in [0.1, 0.15) is 19.3 Å². The average molecular weight is 403 g/mol. The number of hydrogen-bond donors (Lipinski definition) is 2. The molecule has 1 aromatic carbocycles. The second kappa shape index (κ2) is 8.13. The van der Waals surface area contributed by atoms with Gasteiger partial charge in [0.1, 0.15) is 0 Å². The number of amides is 2. The zero-order chi connectivity index (χ0) is 15.5. The van der Waals surface area contributed by atoms with E-state index < -0.39 is 0 Å². The molecule has 2 aliphatic rings. The number of nitrogens with zero attached hydrogens (tertiary/aromatic N) is 1. The van der Waals surface area contributed by atoms with Gasteiger partial charge in [0.2, 0.25) is 11.8 Å². The Hall–Kier alpha value is -1.11. The van der Waals surface area contributed by atoms with Gasteiger partial charge >= 0.3 is 0 Å². The van der Waals surface area contributed by atoms with Gasteiger partial charge in [0.05, 0.1) is 5.92 Å². The van der Waals surface area contributed by atoms with E-state index in [0.717, 1.165) is 23.1 Å². The van der Waals surface area contributed by atoms with E-state index >= 15 is 0 Å². The summed E-state index contributed by atoms with van der Waals surface area (Å²) in [6.45, 7) is 2.14. The molecule has 2 N–H and O–H groups in total. The summed E-state index contributed by atoms with van der Waals surface area (Å²) in [5, 5.41) is 6.34. The Balaban J connectivity index is 0.00000192. The zero-order valence-electron chi connectivity index (χ0n) is 12.8. The van der Waals surface area contributed by atoms with Gasteiger partial charge in [-0.2, -0.15) is 0 Å². The molecule has 0 aliphatic carbocycles. The fourth-order valence-electron chi connectivity index (χ4n) is 3.08. The van der Waals surface area contributed by atoms with Crippen molar-refractivity contribution in [3.05, 3.63) is 28.7 Å². The van der Waals surface area contributed by atoms with Crippen molar-refractivity contribution < 1.29 is 9.59 Å². The van der Waals surface area contributed by atoms with Crippen molar-refractivity contribution in [2.24, 2.45) is 5.92 Å². The summed E-state index contributed by atoms with van der Waals surface area (Å²) in [4.78, 5) is 26.1. The van der Waals surface area contributed by atoms with Gasteiger partial charge in [-0.05, 0) is 37.6 Å². The van der Waals surface area contributed by atoms with Gasteiger partial charge in [-0.1, -0.05) is 22.0 Å². The second-order valence-corrected chi connectivity index (χ2v) is 6.84. The fourth-order valence-corrected chi connectivity index (χ4v) is 3.46. The molecule has 2 heterocycles. The van der Waals surface area contributed by atoms with E-state index in [0.29, 0.717) is 19.1 Å². The lowest BCUT2D eigenvalue weighted by Gasteiger charge is -2.17. The summed E-state index contributed by atoms with van der Waals surface area (Å²) >= 11 is 3.41. The Morgan fingerprint density at radius 3 is 2.96 bits per heavy atom. The van der Waals surface area contributed by atoms with Crippen LogP contribution in [-0.4, -0.2) is 37.5 Å². The third kappa shape index (κ3) is 4.46. The smallest absolute Gasteiger partial charge is 0.227 e. The molecule has 7 heteroatoms. The Bertz CT molecular complexity index is 578. The molecule has 3 rings (SSSR count). The number of anilines is 1. The van der Waals surface area contributed by atoms with Crippen LogP contribution in [0.4, 0.5) is 5.69 Å². The topological polar surface area (TPSA) is 61.4 Å². The van der Waals surface area contributed by atoms with Crippen molar-refractivity contribution >= 4 is 45.8 Å². The Morgan fingerprint density at radius 2 is 2.26 bits per heavy atom. The molecule has 2 saturated heterocycles. The number of hydrogen-bond acceptors (Lipinski definition) is 3. The van der Waals surface area contributed by atoms with Crippen molar-refractivity contribution in [2.75, 3.05) is 24.5 Å². The molecule has 0 aromatic heterocycles. The van der Waals surface area contributed by atoms with Crippen LogP contribution in [-0.2, 0) is 9.59 Å². The first-order valence-electron chi connectivity index (χ1n) is 7.70. The minimum atomic E-state index is -0.257. The van der Waals surface area contributed by atoms with Crippen LogP contribution < -0.4 is 15.5 Å². The summed E-state index contributed by atoms with van der Waals surface area (Å²) in [6.07, 6.45) is 2.56. The summed E-state index contributed by atoms with van der Waals surface area (Å²) in [5.41, 5.74) is 0.840. The van der Waals surface area contributed by atoms with Crippen molar-refractivity contribution in [3.63, 3.8) is 0 Å². The molecule has 1 aromatic rings. The number of carbonyl (C=O) groups excluding carboxylic acids is 2. The van der Waals surface area contributed by atoms with Crippen LogP contribution in [0.25, 0.3) is 0 Å². The molecule has 0 radical (unpaired) electrons. The minimum absolute atomic E-state index is 0. The highest BCUT2D eigenvalue weighted by atomic mass is 79.9.